The highest BCUT2D eigenvalue weighted by Crippen LogP contribution is 2.18. The molecule has 292 valence electrons. The summed E-state index contributed by atoms with van der Waals surface area (Å²) in [6.45, 7) is 4.22. The SMILES string of the molecule is CCCCCCCC/C=C\CCCCCCCCCC(=O)OC(CCC/C=C\CCCCCCCC)CCCCCCCC(=O)NCC(=O)O. The smallest absolute Gasteiger partial charge is 0.322 e. The second-order valence-corrected chi connectivity index (χ2v) is 14.6. The number of unbranched alkanes of at least 4 members (excludes halogenated alkanes) is 24. The van der Waals surface area contributed by atoms with Gasteiger partial charge in [0.05, 0.1) is 0 Å². The van der Waals surface area contributed by atoms with E-state index in [9.17, 15) is 14.4 Å². The molecule has 0 saturated heterocycles. The normalized spacial score (nSPS) is 12.2. The minimum Gasteiger partial charge on any atom is -0.480 e. The lowest BCUT2D eigenvalue weighted by molar-refractivity contribution is -0.150. The lowest BCUT2D eigenvalue weighted by Gasteiger charge is -2.18. The summed E-state index contributed by atoms with van der Waals surface area (Å²) in [4.78, 5) is 35.0. The van der Waals surface area contributed by atoms with Crippen LogP contribution in [-0.2, 0) is 19.1 Å². The van der Waals surface area contributed by atoms with Crippen molar-refractivity contribution >= 4 is 17.8 Å². The predicted molar refractivity (Wildman–Crippen MR) is 213 cm³/mol. The fourth-order valence-corrected chi connectivity index (χ4v) is 6.39. The van der Waals surface area contributed by atoms with Gasteiger partial charge in [-0.2, -0.15) is 0 Å². The first-order chi connectivity index (χ1) is 24.5. The van der Waals surface area contributed by atoms with Gasteiger partial charge in [0.15, 0.2) is 0 Å². The summed E-state index contributed by atoms with van der Waals surface area (Å²) >= 11 is 0. The third-order valence-electron chi connectivity index (χ3n) is 9.60. The van der Waals surface area contributed by atoms with Crippen LogP contribution in [0.1, 0.15) is 226 Å². The number of nitrogens with one attached hydrogen (secondary N) is 1. The number of carbonyl (C=O) groups excluding carboxylic acids is 2. The summed E-state index contributed by atoms with van der Waals surface area (Å²) in [5.41, 5.74) is 0. The molecule has 0 fully saturated rings. The maximum Gasteiger partial charge on any atom is 0.322 e. The van der Waals surface area contributed by atoms with Crippen LogP contribution >= 0.6 is 0 Å². The monoisotopic (exact) mass is 704 g/mol. The van der Waals surface area contributed by atoms with Gasteiger partial charge in [0.1, 0.15) is 12.6 Å². The number of carbonyl (C=O) groups is 3. The highest BCUT2D eigenvalue weighted by atomic mass is 16.5. The first-order valence-electron chi connectivity index (χ1n) is 21.5. The molecule has 50 heavy (non-hydrogen) atoms. The van der Waals surface area contributed by atoms with Crippen molar-refractivity contribution in [3.05, 3.63) is 24.3 Å². The van der Waals surface area contributed by atoms with Crippen molar-refractivity contribution in [2.45, 2.75) is 232 Å². The predicted octanol–water partition coefficient (Wildman–Crippen LogP) is 13.1. The highest BCUT2D eigenvalue weighted by molar-refractivity contribution is 5.80. The number of rotatable bonds is 39. The minimum absolute atomic E-state index is 0.00360. The van der Waals surface area contributed by atoms with Crippen LogP contribution in [0.3, 0.4) is 0 Å². The van der Waals surface area contributed by atoms with E-state index in [1.165, 1.54) is 128 Å². The lowest BCUT2D eigenvalue weighted by Crippen LogP contribution is -2.28. The Hall–Kier alpha value is -2.11. The Bertz CT molecular complexity index is 823. The molecule has 0 saturated carbocycles. The number of hydrogen-bond acceptors (Lipinski definition) is 4. The van der Waals surface area contributed by atoms with Gasteiger partial charge < -0.3 is 15.2 Å². The van der Waals surface area contributed by atoms with E-state index in [2.05, 4.69) is 43.5 Å². The molecule has 0 aliphatic carbocycles. The van der Waals surface area contributed by atoms with Crippen LogP contribution in [0, 0.1) is 0 Å². The molecule has 0 bridgehead atoms. The molecule has 0 aromatic heterocycles. The summed E-state index contributed by atoms with van der Waals surface area (Å²) in [7, 11) is 0. The number of carboxylic acid groups (broad SMARTS) is 1. The van der Waals surface area contributed by atoms with Crippen molar-refractivity contribution in [1.82, 2.24) is 5.32 Å². The van der Waals surface area contributed by atoms with Gasteiger partial charge in [-0.15, -0.1) is 0 Å². The molecule has 0 aliphatic rings. The average Bonchev–Trinajstić information content (AvgIpc) is 3.10. The first-order valence-corrected chi connectivity index (χ1v) is 21.5. The van der Waals surface area contributed by atoms with Crippen LogP contribution in [-0.4, -0.2) is 35.6 Å². The quantitative estimate of drug-likeness (QED) is 0.0378. The van der Waals surface area contributed by atoms with Crippen LogP contribution in [0.4, 0.5) is 0 Å². The third-order valence-corrected chi connectivity index (χ3v) is 9.60. The summed E-state index contributed by atoms with van der Waals surface area (Å²) in [6, 6.07) is 0. The zero-order valence-electron chi connectivity index (χ0n) is 33.0. The number of carboxylic acids is 1. The second kappa shape index (κ2) is 39.7. The van der Waals surface area contributed by atoms with E-state index in [0.717, 1.165) is 70.6 Å². The van der Waals surface area contributed by atoms with E-state index in [0.29, 0.717) is 12.8 Å². The Morgan fingerprint density at radius 3 is 1.36 bits per heavy atom. The number of hydrogen-bond donors (Lipinski definition) is 2. The van der Waals surface area contributed by atoms with E-state index >= 15 is 0 Å². The van der Waals surface area contributed by atoms with E-state index in [4.69, 9.17) is 9.84 Å². The lowest BCUT2D eigenvalue weighted by atomic mass is 10.0. The van der Waals surface area contributed by atoms with Gasteiger partial charge >= 0.3 is 11.9 Å². The number of ether oxygens (including phenoxy) is 1. The van der Waals surface area contributed by atoms with Gasteiger partial charge in [-0.25, -0.2) is 0 Å². The average molecular weight is 704 g/mol. The molecule has 0 heterocycles. The molecule has 1 amide bonds. The van der Waals surface area contributed by atoms with Crippen molar-refractivity contribution in [1.29, 1.82) is 0 Å². The molecule has 0 aliphatic heterocycles. The fraction of sp³-hybridized carbons (Fsp3) is 0.841. The summed E-state index contributed by atoms with van der Waals surface area (Å²) in [5, 5.41) is 11.1. The number of amides is 1. The van der Waals surface area contributed by atoms with Crippen molar-refractivity contribution < 1.29 is 24.2 Å². The largest absolute Gasteiger partial charge is 0.480 e. The fourth-order valence-electron chi connectivity index (χ4n) is 6.39. The molecule has 0 rings (SSSR count). The van der Waals surface area contributed by atoms with E-state index in [1.54, 1.807) is 0 Å². The summed E-state index contributed by atoms with van der Waals surface area (Å²) < 4.78 is 6.01. The van der Waals surface area contributed by atoms with Crippen LogP contribution in [0.15, 0.2) is 24.3 Å². The van der Waals surface area contributed by atoms with Crippen LogP contribution in [0.5, 0.6) is 0 Å². The standard InChI is InChI=1S/C44H81NO5/c1-3-5-7-9-11-13-15-16-17-18-19-20-22-24-26-31-35-39-44(49)50-41(36-32-28-25-23-21-14-12-10-8-6-4-2)37-33-29-27-30-34-38-42(46)45-40-43(47)48/h16-17,23,25,41H,3-15,18-22,24,26-40H2,1-2H3,(H,45,46)(H,47,48)/b17-16-,25-23-. The van der Waals surface area contributed by atoms with Crippen LogP contribution in [0.2, 0.25) is 0 Å². The topological polar surface area (TPSA) is 92.7 Å². The number of aliphatic carboxylic acids is 1. The maximum atomic E-state index is 12.7. The molecular formula is C44H81NO5. The molecular weight excluding hydrogens is 622 g/mol. The summed E-state index contributed by atoms with van der Waals surface area (Å²) in [5.74, 6) is -1.25. The second-order valence-electron chi connectivity index (χ2n) is 14.6. The van der Waals surface area contributed by atoms with Crippen LogP contribution in [0.25, 0.3) is 0 Å². The molecule has 1 unspecified atom stereocenters. The van der Waals surface area contributed by atoms with Gasteiger partial charge in [-0.05, 0) is 83.5 Å². The van der Waals surface area contributed by atoms with Crippen LogP contribution < -0.4 is 5.32 Å². The molecule has 6 heteroatoms. The Balaban J connectivity index is 4.15. The molecule has 0 aromatic carbocycles. The number of esters is 1. The zero-order chi connectivity index (χ0) is 36.6. The van der Waals surface area contributed by atoms with Crippen molar-refractivity contribution in [2.75, 3.05) is 6.54 Å². The third kappa shape index (κ3) is 38.7. The Morgan fingerprint density at radius 2 is 0.880 bits per heavy atom. The van der Waals surface area contributed by atoms with E-state index in [1.807, 2.05) is 0 Å². The molecule has 6 nitrogen and oxygen atoms in total. The van der Waals surface area contributed by atoms with Crippen molar-refractivity contribution in [3.63, 3.8) is 0 Å². The van der Waals surface area contributed by atoms with Gasteiger partial charge in [-0.3, -0.25) is 14.4 Å². The number of allylic oxidation sites excluding steroid dienone is 4. The van der Waals surface area contributed by atoms with Crippen molar-refractivity contribution in [3.8, 4) is 0 Å². The van der Waals surface area contributed by atoms with Gasteiger partial charge in [0.25, 0.3) is 0 Å². The Kier molecular flexibility index (Phi) is 38.0. The molecule has 1 atom stereocenters. The van der Waals surface area contributed by atoms with Gasteiger partial charge in [0, 0.05) is 12.8 Å². The van der Waals surface area contributed by atoms with Gasteiger partial charge in [-0.1, -0.05) is 154 Å². The summed E-state index contributed by atoms with van der Waals surface area (Å²) in [6.07, 6.45) is 47.3. The maximum absolute atomic E-state index is 12.7. The molecule has 0 radical (unpaired) electrons. The Morgan fingerprint density at radius 1 is 0.500 bits per heavy atom. The molecule has 0 spiro atoms. The molecule has 0 aromatic rings. The van der Waals surface area contributed by atoms with Crippen molar-refractivity contribution in [2.24, 2.45) is 0 Å². The molecule has 2 N–H and O–H groups in total. The van der Waals surface area contributed by atoms with Gasteiger partial charge in [0.2, 0.25) is 5.91 Å². The van der Waals surface area contributed by atoms with E-state index in [-0.39, 0.29) is 24.5 Å². The zero-order valence-corrected chi connectivity index (χ0v) is 33.0. The first kappa shape index (κ1) is 47.9. The Labute approximate surface area is 309 Å². The minimum atomic E-state index is -1.02. The highest BCUT2D eigenvalue weighted by Gasteiger charge is 2.14. The van der Waals surface area contributed by atoms with E-state index < -0.39 is 5.97 Å².